The molecule has 240 valence electrons. The molecule has 1 aliphatic rings. The van der Waals surface area contributed by atoms with E-state index in [1.807, 2.05) is 42.5 Å². The van der Waals surface area contributed by atoms with Crippen molar-refractivity contribution >= 4 is 33.7 Å². The maximum absolute atomic E-state index is 13.4. The number of allylic oxidation sites excluding steroid dienone is 2. The molecular weight excluding hydrogens is 605 g/mol. The molecule has 7 aromatic rings. The molecule has 0 aliphatic carbocycles. The van der Waals surface area contributed by atoms with Crippen LogP contribution < -0.4 is 10.2 Å². The lowest BCUT2D eigenvalue weighted by atomic mass is 9.77. The number of nitrogens with zero attached hydrogens (tertiary/aromatic N) is 4. The zero-order valence-electron chi connectivity index (χ0n) is 27.2. The maximum atomic E-state index is 13.4. The lowest BCUT2D eigenvalue weighted by Gasteiger charge is -2.37. The van der Waals surface area contributed by atoms with E-state index < -0.39 is 5.54 Å². The van der Waals surface area contributed by atoms with E-state index in [-0.39, 0.29) is 17.6 Å². The largest absolute Gasteiger partial charge is 0.349 e. The van der Waals surface area contributed by atoms with Crippen LogP contribution in [0.25, 0.3) is 21.9 Å². The van der Waals surface area contributed by atoms with Gasteiger partial charge in [0, 0.05) is 24.7 Å². The van der Waals surface area contributed by atoms with E-state index in [2.05, 4.69) is 142 Å². The fourth-order valence-electron chi connectivity index (χ4n) is 6.97. The van der Waals surface area contributed by atoms with Crippen molar-refractivity contribution in [1.82, 2.24) is 25.1 Å². The fourth-order valence-corrected chi connectivity index (χ4v) is 6.97. The number of rotatable bonds is 9. The lowest BCUT2D eigenvalue weighted by molar-refractivity contribution is 0.0942. The van der Waals surface area contributed by atoms with E-state index in [0.717, 1.165) is 33.4 Å². The summed E-state index contributed by atoms with van der Waals surface area (Å²) >= 11 is 0. The number of H-pyrrole nitrogens is 1. The average molecular weight is 641 g/mol. The first-order chi connectivity index (χ1) is 24.1. The van der Waals surface area contributed by atoms with Crippen molar-refractivity contribution in [3.63, 3.8) is 0 Å². The molecule has 2 aromatic heterocycles. The highest BCUT2D eigenvalue weighted by molar-refractivity contribution is 6.02. The molecule has 1 aliphatic heterocycles. The van der Waals surface area contributed by atoms with Crippen LogP contribution >= 0.6 is 0 Å². The molecular formula is C42H36N6O. The third-order valence-electron chi connectivity index (χ3n) is 9.41. The lowest BCUT2D eigenvalue weighted by Crippen LogP contribution is -2.38. The molecule has 1 amide bonds. The molecule has 49 heavy (non-hydrogen) atoms. The second kappa shape index (κ2) is 12.8. The number of amides is 1. The Hall–Kier alpha value is -6.21. The molecule has 0 saturated heterocycles. The summed E-state index contributed by atoms with van der Waals surface area (Å²) in [7, 11) is 0. The van der Waals surface area contributed by atoms with Crippen molar-refractivity contribution in [2.75, 3.05) is 18.0 Å². The molecule has 0 radical (unpaired) electrons. The number of hydrogen-bond donors (Lipinski definition) is 2. The Morgan fingerprint density at radius 1 is 0.776 bits per heavy atom. The van der Waals surface area contributed by atoms with Crippen LogP contribution in [0.3, 0.4) is 0 Å². The van der Waals surface area contributed by atoms with Crippen LogP contribution in [0.15, 0.2) is 158 Å². The minimum atomic E-state index is -0.781. The topological polar surface area (TPSA) is 78.8 Å². The number of nitrogens with one attached hydrogen (secondary N) is 2. The SMILES string of the molecule is C[C@@H](CNC(=O)c1nc2cc3c(N4C=CC=CC4)[nH]n(C(c4ccccc4)(c4ccccc4)c4ccccc4)c3cc2n1)c1ccccc1. The normalized spacial score (nSPS) is 13.6. The molecule has 2 N–H and O–H groups in total. The number of anilines is 1. The third kappa shape index (κ3) is 5.39. The van der Waals surface area contributed by atoms with Gasteiger partial charge in [0.2, 0.25) is 5.82 Å². The van der Waals surface area contributed by atoms with Gasteiger partial charge in [-0.05, 0) is 46.4 Å². The van der Waals surface area contributed by atoms with Crippen molar-refractivity contribution in [2.45, 2.75) is 18.4 Å². The number of imidazole rings is 1. The van der Waals surface area contributed by atoms with Crippen LogP contribution in [-0.4, -0.2) is 38.7 Å². The molecule has 0 spiro atoms. The van der Waals surface area contributed by atoms with Crippen molar-refractivity contribution < 1.29 is 4.79 Å². The van der Waals surface area contributed by atoms with E-state index >= 15 is 0 Å². The highest BCUT2D eigenvalue weighted by Gasteiger charge is 2.40. The first-order valence-corrected chi connectivity index (χ1v) is 16.7. The standard InChI is InChI=1S/C42H36N6O/c1-30(31-17-7-2-8-18-31)29-43-41(49)39-44-36-27-35-38(28-37(36)45-39)48(46-40(35)47-25-15-6-16-26-47)42(32-19-9-3-10-20-32,33-21-11-4-12-22-33)34-23-13-5-14-24-34/h2-25,27-28,30,46H,26,29H2,1H3,(H,43,49)/t30-/m0/s1. The van der Waals surface area contributed by atoms with Gasteiger partial charge in [-0.25, -0.2) is 9.97 Å². The van der Waals surface area contributed by atoms with Crippen LogP contribution in [0.4, 0.5) is 5.82 Å². The number of hydrogen-bond acceptors (Lipinski definition) is 4. The van der Waals surface area contributed by atoms with Gasteiger partial charge in [-0.15, -0.1) is 0 Å². The highest BCUT2D eigenvalue weighted by Crippen LogP contribution is 2.44. The average Bonchev–Trinajstić information content (AvgIpc) is 3.77. The zero-order valence-corrected chi connectivity index (χ0v) is 27.2. The molecule has 7 nitrogen and oxygen atoms in total. The zero-order chi connectivity index (χ0) is 33.2. The highest BCUT2D eigenvalue weighted by atomic mass is 16.2. The summed E-state index contributed by atoms with van der Waals surface area (Å²) < 4.78 is 2.26. The molecule has 7 heteroatoms. The smallest absolute Gasteiger partial charge is 0.289 e. The van der Waals surface area contributed by atoms with Crippen molar-refractivity contribution in [3.05, 3.63) is 186 Å². The second-order valence-electron chi connectivity index (χ2n) is 12.5. The van der Waals surface area contributed by atoms with Gasteiger partial charge in [-0.3, -0.25) is 14.6 Å². The number of fused-ring (bicyclic) bond motifs is 2. The summed E-state index contributed by atoms with van der Waals surface area (Å²) in [5.41, 5.74) is 5.95. The van der Waals surface area contributed by atoms with E-state index in [1.165, 1.54) is 5.56 Å². The van der Waals surface area contributed by atoms with Gasteiger partial charge >= 0.3 is 0 Å². The number of aromatic nitrogens is 4. The quantitative estimate of drug-likeness (QED) is 0.156. The molecule has 0 saturated carbocycles. The summed E-state index contributed by atoms with van der Waals surface area (Å²) in [6.07, 6.45) is 8.31. The second-order valence-corrected chi connectivity index (χ2v) is 12.5. The molecule has 1 atom stereocenters. The molecule has 0 bridgehead atoms. The summed E-state index contributed by atoms with van der Waals surface area (Å²) in [5, 5.41) is 7.90. The maximum Gasteiger partial charge on any atom is 0.289 e. The Balaban J connectivity index is 1.32. The first kappa shape index (κ1) is 30.1. The fraction of sp³-hybridized carbons (Fsp3) is 0.119. The molecule has 8 rings (SSSR count). The van der Waals surface area contributed by atoms with Crippen molar-refractivity contribution in [3.8, 4) is 0 Å². The molecule has 0 unspecified atom stereocenters. The summed E-state index contributed by atoms with van der Waals surface area (Å²) in [5.74, 6) is 0.968. The van der Waals surface area contributed by atoms with E-state index in [4.69, 9.17) is 9.97 Å². The van der Waals surface area contributed by atoms with E-state index in [0.29, 0.717) is 24.1 Å². The Bertz CT molecular complexity index is 2190. The number of benzene rings is 5. The van der Waals surface area contributed by atoms with Crippen LogP contribution in [0.2, 0.25) is 0 Å². The summed E-state index contributed by atoms with van der Waals surface area (Å²) in [4.78, 5) is 25.1. The Morgan fingerprint density at radius 3 is 1.88 bits per heavy atom. The Labute approximate surface area is 285 Å². The minimum absolute atomic E-state index is 0.156. The van der Waals surface area contributed by atoms with Gasteiger partial charge in [0.25, 0.3) is 5.91 Å². The van der Waals surface area contributed by atoms with Crippen molar-refractivity contribution in [2.24, 2.45) is 0 Å². The van der Waals surface area contributed by atoms with Crippen LogP contribution in [0.5, 0.6) is 0 Å². The molecule has 0 fully saturated rings. The molecule has 5 aromatic carbocycles. The van der Waals surface area contributed by atoms with Gasteiger partial charge < -0.3 is 10.2 Å². The third-order valence-corrected chi connectivity index (χ3v) is 9.41. The van der Waals surface area contributed by atoms with Gasteiger partial charge in [-0.1, -0.05) is 140 Å². The van der Waals surface area contributed by atoms with E-state index in [9.17, 15) is 4.79 Å². The van der Waals surface area contributed by atoms with Crippen molar-refractivity contribution in [1.29, 1.82) is 0 Å². The van der Waals surface area contributed by atoms with Gasteiger partial charge in [-0.2, -0.15) is 0 Å². The van der Waals surface area contributed by atoms with Crippen LogP contribution in [0.1, 0.15) is 45.7 Å². The predicted octanol–water partition coefficient (Wildman–Crippen LogP) is 8.18. The van der Waals surface area contributed by atoms with Gasteiger partial charge in [0.15, 0.2) is 0 Å². The summed E-state index contributed by atoms with van der Waals surface area (Å²) in [6, 6.07) is 46.1. The van der Waals surface area contributed by atoms with E-state index in [1.54, 1.807) is 0 Å². The van der Waals surface area contributed by atoms with Gasteiger partial charge in [0.05, 0.1) is 16.6 Å². The monoisotopic (exact) mass is 640 g/mol. The number of aromatic amines is 1. The number of carbonyl (C=O) groups excluding carboxylic acids is 1. The summed E-state index contributed by atoms with van der Waals surface area (Å²) in [6.45, 7) is 3.30. The first-order valence-electron chi connectivity index (χ1n) is 16.7. The number of carbonyl (C=O) groups is 1. The Morgan fingerprint density at radius 2 is 1.33 bits per heavy atom. The Kier molecular flexibility index (Phi) is 7.86. The van der Waals surface area contributed by atoms with Gasteiger partial charge in [0.1, 0.15) is 11.4 Å². The minimum Gasteiger partial charge on any atom is -0.349 e. The van der Waals surface area contributed by atoms with Crippen LogP contribution in [0, 0.1) is 0 Å². The van der Waals surface area contributed by atoms with Crippen LogP contribution in [-0.2, 0) is 5.54 Å². The predicted molar refractivity (Wildman–Crippen MR) is 197 cm³/mol. The molecule has 3 heterocycles.